The first-order chi connectivity index (χ1) is 9.99. The molecule has 0 atom stereocenters. The summed E-state index contributed by atoms with van der Waals surface area (Å²) in [5.74, 6) is 1.65. The zero-order chi connectivity index (χ0) is 15.3. The molecule has 0 radical (unpaired) electrons. The third-order valence-corrected chi connectivity index (χ3v) is 2.95. The number of ether oxygens (including phenoxy) is 1. The SMILES string of the molecule is COCc1cc(NCCn2cccn2)nc(C(C)(C)C)n1. The summed E-state index contributed by atoms with van der Waals surface area (Å²) >= 11 is 0. The van der Waals surface area contributed by atoms with Crippen molar-refractivity contribution in [2.45, 2.75) is 39.3 Å². The molecule has 0 bridgehead atoms. The van der Waals surface area contributed by atoms with Crippen LogP contribution in [0.5, 0.6) is 0 Å². The summed E-state index contributed by atoms with van der Waals surface area (Å²) in [5.41, 5.74) is 0.793. The molecule has 0 aliphatic carbocycles. The van der Waals surface area contributed by atoms with Gasteiger partial charge in [0.05, 0.1) is 18.8 Å². The number of hydrogen-bond donors (Lipinski definition) is 1. The normalized spacial score (nSPS) is 11.6. The first-order valence-electron chi connectivity index (χ1n) is 7.08. The predicted molar refractivity (Wildman–Crippen MR) is 82.2 cm³/mol. The molecule has 2 rings (SSSR count). The summed E-state index contributed by atoms with van der Waals surface area (Å²) < 4.78 is 7.07. The van der Waals surface area contributed by atoms with Crippen molar-refractivity contribution in [3.05, 3.63) is 36.0 Å². The van der Waals surface area contributed by atoms with Gasteiger partial charge >= 0.3 is 0 Å². The van der Waals surface area contributed by atoms with Crippen molar-refractivity contribution in [1.82, 2.24) is 19.7 Å². The van der Waals surface area contributed by atoms with Gasteiger partial charge in [0, 0.05) is 37.5 Å². The topological polar surface area (TPSA) is 64.9 Å². The Morgan fingerprint density at radius 3 is 2.71 bits per heavy atom. The van der Waals surface area contributed by atoms with Gasteiger partial charge in [-0.1, -0.05) is 20.8 Å². The Labute approximate surface area is 125 Å². The average Bonchev–Trinajstić information content (AvgIpc) is 2.91. The molecule has 0 aliphatic heterocycles. The Balaban J connectivity index is 2.08. The van der Waals surface area contributed by atoms with Gasteiger partial charge in [-0.25, -0.2) is 9.97 Å². The smallest absolute Gasteiger partial charge is 0.136 e. The minimum Gasteiger partial charge on any atom is -0.378 e. The molecule has 2 heterocycles. The van der Waals surface area contributed by atoms with Crippen LogP contribution in [0.2, 0.25) is 0 Å². The van der Waals surface area contributed by atoms with Crippen molar-refractivity contribution in [2.24, 2.45) is 0 Å². The van der Waals surface area contributed by atoms with Gasteiger partial charge in [0.15, 0.2) is 0 Å². The van der Waals surface area contributed by atoms with Gasteiger partial charge in [-0.3, -0.25) is 4.68 Å². The highest BCUT2D eigenvalue weighted by molar-refractivity contribution is 5.36. The molecule has 2 aromatic rings. The minimum atomic E-state index is -0.0951. The first-order valence-corrected chi connectivity index (χ1v) is 7.08. The minimum absolute atomic E-state index is 0.0951. The molecule has 0 amide bonds. The van der Waals surface area contributed by atoms with Gasteiger partial charge in [0.1, 0.15) is 11.6 Å². The number of rotatable bonds is 6. The van der Waals surface area contributed by atoms with E-state index < -0.39 is 0 Å². The van der Waals surface area contributed by atoms with E-state index in [0.717, 1.165) is 30.4 Å². The molecular weight excluding hydrogens is 266 g/mol. The van der Waals surface area contributed by atoms with E-state index in [2.05, 4.69) is 41.2 Å². The van der Waals surface area contributed by atoms with Gasteiger partial charge in [0.25, 0.3) is 0 Å². The molecule has 0 unspecified atom stereocenters. The summed E-state index contributed by atoms with van der Waals surface area (Å²) in [6, 6.07) is 3.85. The maximum absolute atomic E-state index is 5.18. The summed E-state index contributed by atoms with van der Waals surface area (Å²) in [7, 11) is 1.67. The van der Waals surface area contributed by atoms with E-state index in [1.807, 2.05) is 23.0 Å². The molecule has 0 fully saturated rings. The van der Waals surface area contributed by atoms with Crippen LogP contribution in [0, 0.1) is 0 Å². The predicted octanol–water partition coefficient (Wildman–Crippen LogP) is 2.23. The van der Waals surface area contributed by atoms with Crippen molar-refractivity contribution in [1.29, 1.82) is 0 Å². The van der Waals surface area contributed by atoms with Crippen molar-refractivity contribution in [3.8, 4) is 0 Å². The summed E-state index contributed by atoms with van der Waals surface area (Å²) in [5, 5.41) is 7.50. The van der Waals surface area contributed by atoms with Crippen LogP contribution in [0.25, 0.3) is 0 Å². The lowest BCUT2D eigenvalue weighted by Gasteiger charge is -2.19. The number of aromatic nitrogens is 4. The second-order valence-corrected chi connectivity index (χ2v) is 5.95. The zero-order valence-corrected chi connectivity index (χ0v) is 13.1. The van der Waals surface area contributed by atoms with Crippen LogP contribution < -0.4 is 5.32 Å². The highest BCUT2D eigenvalue weighted by Gasteiger charge is 2.19. The Morgan fingerprint density at radius 1 is 1.29 bits per heavy atom. The molecule has 0 saturated heterocycles. The summed E-state index contributed by atoms with van der Waals surface area (Å²) in [6.07, 6.45) is 3.72. The molecule has 2 aromatic heterocycles. The van der Waals surface area contributed by atoms with E-state index in [1.54, 1.807) is 13.3 Å². The summed E-state index contributed by atoms with van der Waals surface area (Å²) in [4.78, 5) is 9.16. The molecule has 6 nitrogen and oxygen atoms in total. The Bertz CT molecular complexity index is 560. The van der Waals surface area contributed by atoms with Crippen LogP contribution in [0.1, 0.15) is 32.3 Å². The van der Waals surface area contributed by atoms with Crippen molar-refractivity contribution >= 4 is 5.82 Å². The highest BCUT2D eigenvalue weighted by atomic mass is 16.5. The maximum Gasteiger partial charge on any atom is 0.136 e. The fourth-order valence-electron chi connectivity index (χ4n) is 1.88. The van der Waals surface area contributed by atoms with Gasteiger partial charge in [-0.2, -0.15) is 5.10 Å². The molecule has 0 aliphatic rings. The highest BCUT2D eigenvalue weighted by Crippen LogP contribution is 2.20. The van der Waals surface area contributed by atoms with E-state index in [-0.39, 0.29) is 5.41 Å². The van der Waals surface area contributed by atoms with Crippen LogP contribution in [-0.2, 0) is 23.3 Å². The quantitative estimate of drug-likeness (QED) is 0.883. The van der Waals surface area contributed by atoms with E-state index >= 15 is 0 Å². The second-order valence-electron chi connectivity index (χ2n) is 5.95. The molecule has 1 N–H and O–H groups in total. The van der Waals surface area contributed by atoms with Crippen LogP contribution in [0.4, 0.5) is 5.82 Å². The van der Waals surface area contributed by atoms with Gasteiger partial charge in [0.2, 0.25) is 0 Å². The van der Waals surface area contributed by atoms with E-state index in [1.165, 1.54) is 0 Å². The van der Waals surface area contributed by atoms with Crippen LogP contribution >= 0.6 is 0 Å². The second kappa shape index (κ2) is 6.67. The van der Waals surface area contributed by atoms with Crippen LogP contribution in [0.15, 0.2) is 24.5 Å². The maximum atomic E-state index is 5.18. The van der Waals surface area contributed by atoms with Gasteiger partial charge < -0.3 is 10.1 Å². The Hall–Kier alpha value is -1.95. The van der Waals surface area contributed by atoms with E-state index in [4.69, 9.17) is 4.74 Å². The molecule has 114 valence electrons. The van der Waals surface area contributed by atoms with Crippen molar-refractivity contribution in [2.75, 3.05) is 19.0 Å². The lowest BCUT2D eigenvalue weighted by molar-refractivity contribution is 0.181. The fourth-order valence-corrected chi connectivity index (χ4v) is 1.88. The lowest BCUT2D eigenvalue weighted by atomic mass is 9.95. The van der Waals surface area contributed by atoms with Crippen molar-refractivity contribution in [3.63, 3.8) is 0 Å². The lowest BCUT2D eigenvalue weighted by Crippen LogP contribution is -2.19. The number of nitrogens with one attached hydrogen (secondary N) is 1. The van der Waals surface area contributed by atoms with E-state index in [9.17, 15) is 0 Å². The Kier molecular flexibility index (Phi) is 4.90. The third kappa shape index (κ3) is 4.53. The van der Waals surface area contributed by atoms with Gasteiger partial charge in [-0.15, -0.1) is 0 Å². The standard InChI is InChI=1S/C15H23N5O/c1-15(2,3)14-18-12(11-21-4)10-13(19-14)16-7-9-20-8-5-6-17-20/h5-6,8,10H,7,9,11H2,1-4H3,(H,16,18,19). The average molecular weight is 289 g/mol. The number of nitrogens with zero attached hydrogens (tertiary/aromatic N) is 4. The largest absolute Gasteiger partial charge is 0.378 e. The number of anilines is 1. The molecule has 0 aromatic carbocycles. The number of hydrogen-bond acceptors (Lipinski definition) is 5. The molecule has 21 heavy (non-hydrogen) atoms. The monoisotopic (exact) mass is 289 g/mol. The van der Waals surface area contributed by atoms with Crippen LogP contribution in [-0.4, -0.2) is 33.4 Å². The van der Waals surface area contributed by atoms with Crippen LogP contribution in [0.3, 0.4) is 0 Å². The molecule has 6 heteroatoms. The van der Waals surface area contributed by atoms with E-state index in [0.29, 0.717) is 6.61 Å². The summed E-state index contributed by atoms with van der Waals surface area (Å²) in [6.45, 7) is 8.35. The third-order valence-electron chi connectivity index (χ3n) is 2.95. The molecule has 0 saturated carbocycles. The Morgan fingerprint density at radius 2 is 2.10 bits per heavy atom. The number of methoxy groups -OCH3 is 1. The first kappa shape index (κ1) is 15.4. The fraction of sp³-hybridized carbons (Fsp3) is 0.533. The van der Waals surface area contributed by atoms with Crippen molar-refractivity contribution < 1.29 is 4.74 Å². The molecular formula is C15H23N5O. The van der Waals surface area contributed by atoms with Gasteiger partial charge in [-0.05, 0) is 6.07 Å². The molecule has 0 spiro atoms. The zero-order valence-electron chi connectivity index (χ0n) is 13.1.